The highest BCUT2D eigenvalue weighted by Crippen LogP contribution is 2.27. The van der Waals surface area contributed by atoms with Gasteiger partial charge in [0.1, 0.15) is 12.3 Å². The molecule has 0 saturated heterocycles. The molecule has 1 heterocycles. The van der Waals surface area contributed by atoms with Crippen LogP contribution in [0.2, 0.25) is 0 Å². The number of nitrogens with zero attached hydrogens (tertiary/aromatic N) is 2. The smallest absolute Gasteiger partial charge is 0.404 e. The zero-order valence-electron chi connectivity index (χ0n) is 10.9. The molecule has 0 aromatic carbocycles. The second kappa shape index (κ2) is 7.07. The average molecular weight is 281 g/mol. The van der Waals surface area contributed by atoms with Crippen LogP contribution >= 0.6 is 0 Å². The normalized spacial score (nSPS) is 11.4. The lowest BCUT2D eigenvalue weighted by atomic mass is 10.3. The summed E-state index contributed by atoms with van der Waals surface area (Å²) in [6.07, 6.45) is 1.60. The van der Waals surface area contributed by atoms with Gasteiger partial charge in [0.05, 0.1) is 17.2 Å². The van der Waals surface area contributed by atoms with Crippen LogP contribution in [0.25, 0.3) is 6.08 Å². The van der Waals surface area contributed by atoms with Crippen molar-refractivity contribution in [2.45, 2.75) is 19.4 Å². The van der Waals surface area contributed by atoms with E-state index in [-0.39, 0.29) is 18.0 Å². The summed E-state index contributed by atoms with van der Waals surface area (Å²) in [5, 5.41) is 10.8. The van der Waals surface area contributed by atoms with Gasteiger partial charge in [-0.25, -0.2) is 9.78 Å². The molecule has 0 aliphatic rings. The number of ether oxygens (including phenoxy) is 2. The standard InChI is InChI=1S/C12H15N3O5/c1-3-9-6-11(10(7-14-9)15(17)18)19-5-4-8(2)20-12(13)16/h3,6-8H,1,4-5H2,2H3,(H2,13,16). The fourth-order valence-electron chi connectivity index (χ4n) is 1.40. The molecule has 1 atom stereocenters. The van der Waals surface area contributed by atoms with Gasteiger partial charge < -0.3 is 15.2 Å². The highest BCUT2D eigenvalue weighted by Gasteiger charge is 2.16. The van der Waals surface area contributed by atoms with Gasteiger partial charge in [-0.1, -0.05) is 6.58 Å². The van der Waals surface area contributed by atoms with Gasteiger partial charge in [-0.2, -0.15) is 0 Å². The number of carbonyl (C=O) groups excluding carboxylic acids is 1. The maximum absolute atomic E-state index is 10.8. The summed E-state index contributed by atoms with van der Waals surface area (Å²) in [5.74, 6) is 0.0891. The van der Waals surface area contributed by atoms with E-state index in [2.05, 4.69) is 11.6 Å². The van der Waals surface area contributed by atoms with Crippen LogP contribution in [0.5, 0.6) is 5.75 Å². The molecule has 1 rings (SSSR count). The van der Waals surface area contributed by atoms with Gasteiger partial charge in [0.25, 0.3) is 0 Å². The summed E-state index contributed by atoms with van der Waals surface area (Å²) in [5.41, 5.74) is 5.10. The van der Waals surface area contributed by atoms with Crippen LogP contribution in [-0.2, 0) is 4.74 Å². The number of rotatable bonds is 7. The Balaban J connectivity index is 2.68. The Labute approximate surface area is 115 Å². The van der Waals surface area contributed by atoms with Crippen molar-refractivity contribution in [2.24, 2.45) is 5.73 Å². The van der Waals surface area contributed by atoms with Gasteiger partial charge >= 0.3 is 11.8 Å². The maximum Gasteiger partial charge on any atom is 0.404 e. The van der Waals surface area contributed by atoms with E-state index in [4.69, 9.17) is 15.2 Å². The fourth-order valence-corrected chi connectivity index (χ4v) is 1.40. The van der Waals surface area contributed by atoms with Crippen molar-refractivity contribution < 1.29 is 19.2 Å². The number of carbonyl (C=O) groups is 1. The number of primary amides is 1. The minimum absolute atomic E-state index is 0.0891. The Kier molecular flexibility index (Phi) is 5.45. The molecule has 1 unspecified atom stereocenters. The van der Waals surface area contributed by atoms with Crippen LogP contribution in [0.15, 0.2) is 18.8 Å². The first-order valence-corrected chi connectivity index (χ1v) is 5.79. The third kappa shape index (κ3) is 4.56. The van der Waals surface area contributed by atoms with Crippen molar-refractivity contribution in [3.8, 4) is 5.75 Å². The zero-order valence-corrected chi connectivity index (χ0v) is 10.9. The third-order valence-corrected chi connectivity index (χ3v) is 2.37. The Morgan fingerprint density at radius 1 is 1.70 bits per heavy atom. The third-order valence-electron chi connectivity index (χ3n) is 2.37. The minimum atomic E-state index is -0.874. The number of pyridine rings is 1. The minimum Gasteiger partial charge on any atom is -0.487 e. The van der Waals surface area contributed by atoms with Crippen molar-refractivity contribution in [3.63, 3.8) is 0 Å². The monoisotopic (exact) mass is 281 g/mol. The van der Waals surface area contributed by atoms with Crippen molar-refractivity contribution >= 4 is 17.9 Å². The fraction of sp³-hybridized carbons (Fsp3) is 0.333. The van der Waals surface area contributed by atoms with E-state index >= 15 is 0 Å². The molecule has 0 spiro atoms. The molecule has 0 fully saturated rings. The predicted octanol–water partition coefficient (Wildman–Crippen LogP) is 1.89. The molecule has 0 aliphatic carbocycles. The van der Waals surface area contributed by atoms with Gasteiger partial charge in [-0.15, -0.1) is 0 Å². The van der Waals surface area contributed by atoms with Gasteiger partial charge in [-0.05, 0) is 13.0 Å². The van der Waals surface area contributed by atoms with E-state index in [1.54, 1.807) is 6.92 Å². The number of hydrogen-bond donors (Lipinski definition) is 1. The van der Waals surface area contributed by atoms with Crippen LogP contribution < -0.4 is 10.5 Å². The Bertz CT molecular complexity index is 518. The molecule has 1 aromatic rings. The van der Waals surface area contributed by atoms with E-state index in [9.17, 15) is 14.9 Å². The van der Waals surface area contributed by atoms with Crippen molar-refractivity contribution in [3.05, 3.63) is 34.7 Å². The summed E-state index contributed by atoms with van der Waals surface area (Å²) in [6.45, 7) is 5.31. The number of amides is 1. The maximum atomic E-state index is 10.8. The Morgan fingerprint density at radius 2 is 2.40 bits per heavy atom. The molecule has 0 radical (unpaired) electrons. The topological polar surface area (TPSA) is 118 Å². The predicted molar refractivity (Wildman–Crippen MR) is 71.2 cm³/mol. The van der Waals surface area contributed by atoms with Crippen LogP contribution in [0.1, 0.15) is 19.0 Å². The SMILES string of the molecule is C=Cc1cc(OCCC(C)OC(N)=O)c([N+](=O)[O-])cn1. The molecule has 20 heavy (non-hydrogen) atoms. The van der Waals surface area contributed by atoms with Crippen molar-refractivity contribution in [2.75, 3.05) is 6.61 Å². The summed E-state index contributed by atoms with van der Waals surface area (Å²) in [6, 6.07) is 1.42. The lowest BCUT2D eigenvalue weighted by Crippen LogP contribution is -2.22. The van der Waals surface area contributed by atoms with Crippen LogP contribution in [0, 0.1) is 10.1 Å². The van der Waals surface area contributed by atoms with Crippen molar-refractivity contribution in [1.82, 2.24) is 4.98 Å². The van der Waals surface area contributed by atoms with Crippen molar-refractivity contribution in [1.29, 1.82) is 0 Å². The highest BCUT2D eigenvalue weighted by molar-refractivity contribution is 5.64. The first kappa shape index (κ1) is 15.4. The highest BCUT2D eigenvalue weighted by atomic mass is 16.6. The van der Waals surface area contributed by atoms with E-state index in [0.29, 0.717) is 12.1 Å². The largest absolute Gasteiger partial charge is 0.487 e. The molecule has 2 N–H and O–H groups in total. The molecule has 0 aliphatic heterocycles. The van der Waals surface area contributed by atoms with Crippen LogP contribution in [0.3, 0.4) is 0 Å². The Hall–Kier alpha value is -2.64. The van der Waals surface area contributed by atoms with Gasteiger partial charge in [0, 0.05) is 12.5 Å². The van der Waals surface area contributed by atoms with Crippen LogP contribution in [0.4, 0.5) is 10.5 Å². The molecule has 108 valence electrons. The molecule has 1 aromatic heterocycles. The summed E-state index contributed by atoms with van der Waals surface area (Å²) in [7, 11) is 0. The number of nitrogens with two attached hydrogens (primary N) is 1. The summed E-state index contributed by atoms with van der Waals surface area (Å²) in [4.78, 5) is 24.6. The van der Waals surface area contributed by atoms with E-state index in [0.717, 1.165) is 6.20 Å². The van der Waals surface area contributed by atoms with Gasteiger partial charge in [-0.3, -0.25) is 10.1 Å². The number of nitro groups is 1. The molecule has 8 nitrogen and oxygen atoms in total. The van der Waals surface area contributed by atoms with Gasteiger partial charge in [0.15, 0.2) is 0 Å². The Morgan fingerprint density at radius 3 is 2.95 bits per heavy atom. The lowest BCUT2D eigenvalue weighted by molar-refractivity contribution is -0.386. The molecule has 1 amide bonds. The lowest BCUT2D eigenvalue weighted by Gasteiger charge is -2.12. The second-order valence-electron chi connectivity index (χ2n) is 3.92. The second-order valence-corrected chi connectivity index (χ2v) is 3.92. The molecular formula is C12H15N3O5. The average Bonchev–Trinajstić information content (AvgIpc) is 2.37. The molecular weight excluding hydrogens is 266 g/mol. The number of aromatic nitrogens is 1. The number of hydrogen-bond acceptors (Lipinski definition) is 6. The molecule has 0 bridgehead atoms. The molecule has 0 saturated carbocycles. The first-order chi connectivity index (χ1) is 9.43. The molecule has 8 heteroatoms. The van der Waals surface area contributed by atoms with Crippen LogP contribution in [-0.4, -0.2) is 28.7 Å². The van der Waals surface area contributed by atoms with Gasteiger partial charge in [0.2, 0.25) is 5.75 Å². The summed E-state index contributed by atoms with van der Waals surface area (Å²) >= 11 is 0. The summed E-state index contributed by atoms with van der Waals surface area (Å²) < 4.78 is 10.0. The van der Waals surface area contributed by atoms with E-state index < -0.39 is 17.1 Å². The zero-order chi connectivity index (χ0) is 15.1. The van der Waals surface area contributed by atoms with E-state index in [1.165, 1.54) is 12.1 Å². The first-order valence-electron chi connectivity index (χ1n) is 5.79. The van der Waals surface area contributed by atoms with E-state index in [1.807, 2.05) is 0 Å². The quantitative estimate of drug-likeness (QED) is 0.602.